The van der Waals surface area contributed by atoms with Crippen LogP contribution in [0.1, 0.15) is 33.6 Å². The molecule has 0 atom stereocenters. The molecule has 0 fully saturated rings. The molecule has 0 aromatic rings. The first-order chi connectivity index (χ1) is 5.24. The summed E-state index contributed by atoms with van der Waals surface area (Å²) in [5.74, 6) is 0. The number of hydrogen-bond donors (Lipinski definition) is 3. The average Bonchev–Trinajstić information content (AvgIpc) is 1.92. The maximum absolute atomic E-state index is 7.57. The first-order valence-electron chi connectivity index (χ1n) is 4.16. The smallest absolute Gasteiger partial charge is 0.0402 e. The molecule has 0 aliphatic rings. The zero-order valence-electron chi connectivity index (χ0n) is 8.01. The van der Waals surface area contributed by atoms with E-state index in [2.05, 4.69) is 6.92 Å². The van der Waals surface area contributed by atoms with Crippen LogP contribution in [0.2, 0.25) is 0 Å². The lowest BCUT2D eigenvalue weighted by Crippen LogP contribution is -1.95. The lowest BCUT2D eigenvalue weighted by Gasteiger charge is -1.80. The van der Waals surface area contributed by atoms with Gasteiger partial charge in [-0.2, -0.15) is 0 Å². The molecular weight excluding hydrogens is 142 g/mol. The van der Waals surface area contributed by atoms with Gasteiger partial charge in [-0.15, -0.1) is 0 Å². The Bertz CT molecular complexity index is 31.3. The third-order valence-corrected chi connectivity index (χ3v) is 0.558. The average molecular weight is 165 g/mol. The third-order valence-electron chi connectivity index (χ3n) is 0.558. The molecule has 0 saturated heterocycles. The molecule has 0 aromatic heterocycles. The summed E-state index contributed by atoms with van der Waals surface area (Å²) < 4.78 is 0. The SMILES string of the molecule is CCCCN.CCO.CCO. The fourth-order valence-electron chi connectivity index (χ4n) is 0.204. The molecule has 0 bridgehead atoms. The summed E-state index contributed by atoms with van der Waals surface area (Å²) >= 11 is 0. The Balaban J connectivity index is -0.0000000933. The summed E-state index contributed by atoms with van der Waals surface area (Å²) in [6.07, 6.45) is 2.39. The van der Waals surface area contributed by atoms with E-state index in [1.54, 1.807) is 13.8 Å². The van der Waals surface area contributed by atoms with E-state index in [1.165, 1.54) is 12.8 Å². The number of aliphatic hydroxyl groups is 2. The van der Waals surface area contributed by atoms with Crippen molar-refractivity contribution < 1.29 is 10.2 Å². The molecule has 0 saturated carbocycles. The summed E-state index contributed by atoms with van der Waals surface area (Å²) in [5, 5.41) is 15.1. The molecule has 0 aliphatic carbocycles. The van der Waals surface area contributed by atoms with Gasteiger partial charge >= 0.3 is 0 Å². The Morgan fingerprint density at radius 2 is 1.27 bits per heavy atom. The minimum Gasteiger partial charge on any atom is -0.397 e. The highest BCUT2D eigenvalue weighted by molar-refractivity contribution is 4.29. The lowest BCUT2D eigenvalue weighted by molar-refractivity contribution is 0.318. The van der Waals surface area contributed by atoms with Crippen LogP contribution in [0.25, 0.3) is 0 Å². The first kappa shape index (κ1) is 17.1. The Morgan fingerprint density at radius 1 is 1.00 bits per heavy atom. The summed E-state index contributed by atoms with van der Waals surface area (Å²) in [6, 6.07) is 0. The molecule has 3 heteroatoms. The maximum atomic E-state index is 7.57. The molecule has 0 amide bonds. The van der Waals surface area contributed by atoms with Gasteiger partial charge in [-0.3, -0.25) is 0 Å². The highest BCUT2D eigenvalue weighted by Gasteiger charge is 1.67. The van der Waals surface area contributed by atoms with Gasteiger partial charge in [0.25, 0.3) is 0 Å². The van der Waals surface area contributed by atoms with Gasteiger partial charge in [0.2, 0.25) is 0 Å². The van der Waals surface area contributed by atoms with Crippen LogP contribution in [0, 0.1) is 0 Å². The quantitative estimate of drug-likeness (QED) is 0.565. The molecule has 72 valence electrons. The zero-order chi connectivity index (χ0) is 9.54. The van der Waals surface area contributed by atoms with Gasteiger partial charge in [0.05, 0.1) is 0 Å². The van der Waals surface area contributed by atoms with Gasteiger partial charge < -0.3 is 15.9 Å². The van der Waals surface area contributed by atoms with Crippen LogP contribution >= 0.6 is 0 Å². The van der Waals surface area contributed by atoms with Crippen LogP contribution in [0.4, 0.5) is 0 Å². The fourth-order valence-corrected chi connectivity index (χ4v) is 0.204. The Hall–Kier alpha value is -0.120. The van der Waals surface area contributed by atoms with Gasteiger partial charge in [-0.1, -0.05) is 13.3 Å². The fraction of sp³-hybridized carbons (Fsp3) is 1.00. The van der Waals surface area contributed by atoms with Gasteiger partial charge in [0.15, 0.2) is 0 Å². The Labute approximate surface area is 70.2 Å². The normalized spacial score (nSPS) is 7.09. The Morgan fingerprint density at radius 3 is 1.27 bits per heavy atom. The molecule has 3 nitrogen and oxygen atoms in total. The molecule has 4 N–H and O–H groups in total. The van der Waals surface area contributed by atoms with Crippen molar-refractivity contribution in [2.45, 2.75) is 33.6 Å². The number of hydrogen-bond acceptors (Lipinski definition) is 3. The first-order valence-corrected chi connectivity index (χ1v) is 4.16. The van der Waals surface area contributed by atoms with Gasteiger partial charge in [0.1, 0.15) is 0 Å². The van der Waals surface area contributed by atoms with Crippen molar-refractivity contribution in [2.75, 3.05) is 19.8 Å². The predicted molar refractivity (Wildman–Crippen MR) is 49.5 cm³/mol. The number of rotatable bonds is 2. The molecule has 0 aliphatic heterocycles. The van der Waals surface area contributed by atoms with Crippen molar-refractivity contribution in [2.24, 2.45) is 5.73 Å². The van der Waals surface area contributed by atoms with E-state index in [1.807, 2.05) is 0 Å². The van der Waals surface area contributed by atoms with Crippen LogP contribution in [0.15, 0.2) is 0 Å². The second-order valence-electron chi connectivity index (χ2n) is 1.77. The van der Waals surface area contributed by atoms with Crippen LogP contribution in [-0.2, 0) is 0 Å². The lowest BCUT2D eigenvalue weighted by atomic mass is 10.3. The second kappa shape index (κ2) is 32.7. The van der Waals surface area contributed by atoms with Crippen LogP contribution < -0.4 is 5.73 Å². The van der Waals surface area contributed by atoms with Crippen molar-refractivity contribution in [3.63, 3.8) is 0 Å². The second-order valence-corrected chi connectivity index (χ2v) is 1.77. The van der Waals surface area contributed by atoms with Crippen LogP contribution in [0.3, 0.4) is 0 Å². The van der Waals surface area contributed by atoms with E-state index in [0.29, 0.717) is 0 Å². The monoisotopic (exact) mass is 165 g/mol. The standard InChI is InChI=1S/C4H11N.2C2H6O/c1-2-3-4-5;2*1-2-3/h2-5H2,1H3;2*3H,2H2,1H3. The number of nitrogens with two attached hydrogens (primary N) is 1. The molecule has 0 rings (SSSR count). The molecule has 0 heterocycles. The van der Waals surface area contributed by atoms with E-state index in [0.717, 1.165) is 6.54 Å². The molecule has 0 unspecified atom stereocenters. The van der Waals surface area contributed by atoms with Crippen molar-refractivity contribution in [1.29, 1.82) is 0 Å². The largest absolute Gasteiger partial charge is 0.397 e. The zero-order valence-corrected chi connectivity index (χ0v) is 8.01. The van der Waals surface area contributed by atoms with Crippen LogP contribution in [0.5, 0.6) is 0 Å². The summed E-state index contributed by atoms with van der Waals surface area (Å²) in [6.45, 7) is 6.84. The van der Waals surface area contributed by atoms with Crippen molar-refractivity contribution in [3.05, 3.63) is 0 Å². The van der Waals surface area contributed by atoms with E-state index in [9.17, 15) is 0 Å². The number of unbranched alkanes of at least 4 members (excludes halogenated alkanes) is 1. The summed E-state index contributed by atoms with van der Waals surface area (Å²) in [5.41, 5.74) is 5.14. The molecule has 0 aromatic carbocycles. The van der Waals surface area contributed by atoms with E-state index in [-0.39, 0.29) is 13.2 Å². The highest BCUT2D eigenvalue weighted by atomic mass is 16.3. The van der Waals surface area contributed by atoms with Crippen molar-refractivity contribution >= 4 is 0 Å². The predicted octanol–water partition coefficient (Wildman–Crippen LogP) is 0.742. The van der Waals surface area contributed by atoms with E-state index >= 15 is 0 Å². The summed E-state index contributed by atoms with van der Waals surface area (Å²) in [4.78, 5) is 0. The molecule has 0 spiro atoms. The summed E-state index contributed by atoms with van der Waals surface area (Å²) in [7, 11) is 0. The van der Waals surface area contributed by atoms with Crippen molar-refractivity contribution in [1.82, 2.24) is 0 Å². The Kier molecular flexibility index (Phi) is 50.9. The minimum absolute atomic E-state index is 0.250. The van der Waals surface area contributed by atoms with E-state index in [4.69, 9.17) is 15.9 Å². The van der Waals surface area contributed by atoms with Crippen molar-refractivity contribution in [3.8, 4) is 0 Å². The third kappa shape index (κ3) is 174. The molecular formula is C8H23NO2. The van der Waals surface area contributed by atoms with Gasteiger partial charge in [0, 0.05) is 13.2 Å². The maximum Gasteiger partial charge on any atom is 0.0402 e. The molecule has 0 radical (unpaired) electrons. The highest BCUT2D eigenvalue weighted by Crippen LogP contribution is 1.77. The van der Waals surface area contributed by atoms with Gasteiger partial charge in [-0.05, 0) is 26.8 Å². The van der Waals surface area contributed by atoms with Gasteiger partial charge in [-0.25, -0.2) is 0 Å². The van der Waals surface area contributed by atoms with Crippen LogP contribution in [-0.4, -0.2) is 30.0 Å². The minimum atomic E-state index is 0.250. The molecule has 11 heavy (non-hydrogen) atoms. The van der Waals surface area contributed by atoms with E-state index < -0.39 is 0 Å². The number of aliphatic hydroxyl groups excluding tert-OH is 2. The topological polar surface area (TPSA) is 66.5 Å².